The molecule has 3 rings (SSSR count). The Morgan fingerprint density at radius 1 is 1.25 bits per heavy atom. The number of phenolic OH excluding ortho intramolecular Hbond substituents is 1. The van der Waals surface area contributed by atoms with Gasteiger partial charge in [-0.3, -0.25) is 14.9 Å². The minimum Gasteiger partial charge on any atom is -0.504 e. The van der Waals surface area contributed by atoms with Gasteiger partial charge < -0.3 is 29.2 Å². The van der Waals surface area contributed by atoms with Crippen LogP contribution in [0.3, 0.4) is 0 Å². The van der Waals surface area contributed by atoms with E-state index in [9.17, 15) is 25.1 Å². The highest BCUT2D eigenvalue weighted by molar-refractivity contribution is 5.99. The number of benzene rings is 2. The number of fused-ring (bicyclic) bond motifs is 1. The Kier molecular flexibility index (Phi) is 6.35. The molecule has 10 heteroatoms. The molecule has 0 bridgehead atoms. The Morgan fingerprint density at radius 3 is 2.47 bits per heavy atom. The average molecular weight is 441 g/mol. The number of hydrogen-bond acceptors (Lipinski definition) is 8. The second-order valence-corrected chi connectivity index (χ2v) is 7.15. The van der Waals surface area contributed by atoms with Crippen molar-refractivity contribution in [3.05, 3.63) is 57.9 Å². The third-order valence-electron chi connectivity index (χ3n) is 4.75. The summed E-state index contributed by atoms with van der Waals surface area (Å²) in [6.45, 7) is 0.680. The highest BCUT2D eigenvalue weighted by Gasteiger charge is 2.29. The third kappa shape index (κ3) is 4.08. The lowest BCUT2D eigenvalue weighted by atomic mass is 10.1. The quantitative estimate of drug-likeness (QED) is 0.248. The van der Waals surface area contributed by atoms with Crippen LogP contribution in [0.4, 0.5) is 5.69 Å². The zero-order valence-corrected chi connectivity index (χ0v) is 18.0. The third-order valence-corrected chi connectivity index (χ3v) is 4.75. The van der Waals surface area contributed by atoms with Crippen molar-refractivity contribution in [2.24, 2.45) is 0 Å². The van der Waals surface area contributed by atoms with Gasteiger partial charge in [-0.25, -0.2) is 0 Å². The van der Waals surface area contributed by atoms with Gasteiger partial charge in [0.05, 0.1) is 35.2 Å². The van der Waals surface area contributed by atoms with Crippen LogP contribution in [-0.4, -0.2) is 51.8 Å². The Morgan fingerprint density at radius 2 is 1.94 bits per heavy atom. The van der Waals surface area contributed by atoms with Gasteiger partial charge in [-0.2, -0.15) is 0 Å². The SMILES string of the molecule is COc1ccc(-n2c(C=CN(C)C)c([N+](=O)[O-])c3ccc(OC(C)=O)c(CO)c32)cc1O. The summed E-state index contributed by atoms with van der Waals surface area (Å²) in [7, 11) is 4.95. The van der Waals surface area contributed by atoms with E-state index in [1.165, 1.54) is 42.9 Å². The second-order valence-electron chi connectivity index (χ2n) is 7.15. The molecule has 2 aromatic carbocycles. The molecule has 0 atom stereocenters. The highest BCUT2D eigenvalue weighted by atomic mass is 16.6. The van der Waals surface area contributed by atoms with E-state index in [1.54, 1.807) is 37.3 Å². The molecule has 1 heterocycles. The van der Waals surface area contributed by atoms with E-state index in [-0.39, 0.29) is 45.1 Å². The zero-order valence-electron chi connectivity index (χ0n) is 18.0. The van der Waals surface area contributed by atoms with E-state index >= 15 is 0 Å². The van der Waals surface area contributed by atoms with Crippen molar-refractivity contribution < 1.29 is 29.4 Å². The van der Waals surface area contributed by atoms with Crippen molar-refractivity contribution in [3.63, 3.8) is 0 Å². The summed E-state index contributed by atoms with van der Waals surface area (Å²) in [5, 5.41) is 32.8. The Bertz CT molecular complexity index is 1230. The topological polar surface area (TPSA) is 127 Å². The molecule has 0 unspecified atom stereocenters. The molecular weight excluding hydrogens is 418 g/mol. The van der Waals surface area contributed by atoms with Crippen LogP contribution in [0.5, 0.6) is 17.2 Å². The number of aliphatic hydroxyl groups excluding tert-OH is 1. The Labute approximate surface area is 183 Å². The first-order chi connectivity index (χ1) is 15.2. The summed E-state index contributed by atoms with van der Waals surface area (Å²) in [6.07, 6.45) is 3.21. The number of rotatable bonds is 7. The first-order valence-electron chi connectivity index (χ1n) is 9.55. The maximum atomic E-state index is 12.1. The molecular formula is C22H23N3O7. The summed E-state index contributed by atoms with van der Waals surface area (Å²) in [5.74, 6) is -0.449. The predicted octanol–water partition coefficient (Wildman–Crippen LogP) is 3.20. The minimum absolute atomic E-state index is 0.0852. The van der Waals surface area contributed by atoms with Crippen molar-refractivity contribution >= 4 is 28.6 Å². The fraction of sp³-hybridized carbons (Fsp3) is 0.227. The van der Waals surface area contributed by atoms with Crippen LogP contribution in [-0.2, 0) is 11.4 Å². The van der Waals surface area contributed by atoms with E-state index in [4.69, 9.17) is 9.47 Å². The summed E-state index contributed by atoms with van der Waals surface area (Å²) in [5.41, 5.74) is 0.867. The van der Waals surface area contributed by atoms with Crippen LogP contribution in [0.2, 0.25) is 0 Å². The Balaban J connectivity index is 2.51. The molecule has 0 saturated heterocycles. The number of carbonyl (C=O) groups is 1. The van der Waals surface area contributed by atoms with Gasteiger partial charge in [0, 0.05) is 38.8 Å². The van der Waals surface area contributed by atoms with Crippen LogP contribution in [0.15, 0.2) is 36.5 Å². The van der Waals surface area contributed by atoms with Crippen molar-refractivity contribution in [1.29, 1.82) is 0 Å². The van der Waals surface area contributed by atoms with Crippen molar-refractivity contribution in [1.82, 2.24) is 9.47 Å². The molecule has 3 aromatic rings. The van der Waals surface area contributed by atoms with Crippen molar-refractivity contribution in [3.8, 4) is 22.9 Å². The van der Waals surface area contributed by atoms with Crippen molar-refractivity contribution in [2.45, 2.75) is 13.5 Å². The number of hydrogen-bond donors (Lipinski definition) is 2. The number of aromatic nitrogens is 1. The number of aliphatic hydroxyl groups is 1. The lowest BCUT2D eigenvalue weighted by Gasteiger charge is -2.14. The van der Waals surface area contributed by atoms with E-state index < -0.39 is 17.5 Å². The number of nitrogens with zero attached hydrogens (tertiary/aromatic N) is 3. The van der Waals surface area contributed by atoms with Crippen LogP contribution in [0.1, 0.15) is 18.2 Å². The number of methoxy groups -OCH3 is 1. The summed E-state index contributed by atoms with van der Waals surface area (Å²) in [4.78, 5) is 24.9. The molecule has 0 aliphatic rings. The van der Waals surface area contributed by atoms with Crippen LogP contribution in [0, 0.1) is 10.1 Å². The molecule has 10 nitrogen and oxygen atoms in total. The zero-order chi connectivity index (χ0) is 23.6. The fourth-order valence-corrected chi connectivity index (χ4v) is 3.48. The molecule has 0 fully saturated rings. The maximum absolute atomic E-state index is 12.1. The molecule has 0 aliphatic carbocycles. The lowest BCUT2D eigenvalue weighted by Crippen LogP contribution is -2.06. The first-order valence-corrected chi connectivity index (χ1v) is 9.55. The molecule has 1 aromatic heterocycles. The molecule has 0 aliphatic heterocycles. The number of phenols is 1. The van der Waals surface area contributed by atoms with Gasteiger partial charge in [-0.15, -0.1) is 0 Å². The molecule has 0 spiro atoms. The van der Waals surface area contributed by atoms with Gasteiger partial charge in [0.1, 0.15) is 11.4 Å². The maximum Gasteiger partial charge on any atom is 0.308 e. The number of nitro groups is 1. The summed E-state index contributed by atoms with van der Waals surface area (Å²) >= 11 is 0. The number of esters is 1. The normalized spacial score (nSPS) is 11.2. The molecule has 168 valence electrons. The standard InChI is InChI=1S/C22H23N3O7/c1-13(27)32-19-8-6-15-21(16(19)12-26)24(14-5-7-20(31-4)18(28)11-14)17(9-10-23(2)3)22(15)25(29)30/h5-11,26,28H,12H2,1-4H3. The van der Waals surface area contributed by atoms with E-state index in [1.807, 2.05) is 0 Å². The molecule has 0 radical (unpaired) electrons. The van der Waals surface area contributed by atoms with Gasteiger partial charge in [0.15, 0.2) is 11.5 Å². The van der Waals surface area contributed by atoms with Gasteiger partial charge in [0.2, 0.25) is 0 Å². The minimum atomic E-state index is -0.596. The Hall–Kier alpha value is -4.05. The van der Waals surface area contributed by atoms with Crippen LogP contribution in [0.25, 0.3) is 22.7 Å². The van der Waals surface area contributed by atoms with Crippen LogP contribution < -0.4 is 9.47 Å². The van der Waals surface area contributed by atoms with Crippen molar-refractivity contribution in [2.75, 3.05) is 21.2 Å². The molecule has 0 saturated carbocycles. The van der Waals surface area contributed by atoms with Gasteiger partial charge in [-0.1, -0.05) is 0 Å². The van der Waals surface area contributed by atoms with Gasteiger partial charge in [-0.05, 0) is 30.3 Å². The largest absolute Gasteiger partial charge is 0.504 e. The summed E-state index contributed by atoms with van der Waals surface area (Å²) < 4.78 is 11.9. The second kappa shape index (κ2) is 8.98. The monoisotopic (exact) mass is 441 g/mol. The van der Waals surface area contributed by atoms with Crippen LogP contribution >= 0.6 is 0 Å². The highest BCUT2D eigenvalue weighted by Crippen LogP contribution is 2.42. The van der Waals surface area contributed by atoms with E-state index in [2.05, 4.69) is 0 Å². The number of carbonyl (C=O) groups excluding carboxylic acids is 1. The van der Waals surface area contributed by atoms with E-state index in [0.29, 0.717) is 5.69 Å². The lowest BCUT2D eigenvalue weighted by molar-refractivity contribution is -0.383. The average Bonchev–Trinajstić information content (AvgIpc) is 3.06. The number of ether oxygens (including phenoxy) is 2. The fourth-order valence-electron chi connectivity index (χ4n) is 3.48. The summed E-state index contributed by atoms with van der Waals surface area (Å²) in [6, 6.07) is 7.43. The van der Waals surface area contributed by atoms with E-state index in [0.717, 1.165) is 0 Å². The number of aromatic hydroxyl groups is 1. The first kappa shape index (κ1) is 22.6. The van der Waals surface area contributed by atoms with Gasteiger partial charge >= 0.3 is 11.7 Å². The van der Waals surface area contributed by atoms with Gasteiger partial charge in [0.25, 0.3) is 0 Å². The predicted molar refractivity (Wildman–Crippen MR) is 118 cm³/mol. The smallest absolute Gasteiger partial charge is 0.308 e. The molecule has 0 amide bonds. The molecule has 32 heavy (non-hydrogen) atoms. The molecule has 2 N–H and O–H groups in total.